The number of hydrogen-bond donors (Lipinski definition) is 0. The van der Waals surface area contributed by atoms with Crippen LogP contribution in [0.5, 0.6) is 5.75 Å². The van der Waals surface area contributed by atoms with Gasteiger partial charge in [0, 0.05) is 75.5 Å². The van der Waals surface area contributed by atoms with E-state index in [-0.39, 0.29) is 37.7 Å². The van der Waals surface area contributed by atoms with Crippen LogP contribution < -0.4 is 9.64 Å². The Morgan fingerprint density at radius 1 is 1.09 bits per heavy atom. The number of hydroxylamine groups is 2. The van der Waals surface area contributed by atoms with Gasteiger partial charge in [0.25, 0.3) is 11.8 Å². The summed E-state index contributed by atoms with van der Waals surface area (Å²) < 4.78 is 49.0. The van der Waals surface area contributed by atoms with Crippen LogP contribution >= 0.6 is 0 Å². The number of piperazine rings is 1. The van der Waals surface area contributed by atoms with Crippen molar-refractivity contribution in [1.29, 1.82) is 0 Å². The fourth-order valence-corrected chi connectivity index (χ4v) is 4.39. The normalized spacial score (nSPS) is 22.1. The topological polar surface area (TPSA) is 91.9 Å². The lowest BCUT2D eigenvalue weighted by atomic mass is 10.1. The Kier molecular flexibility index (Phi) is 7.36. The Hall–Kier alpha value is -3.06. The maximum Gasteiger partial charge on any atom is 0.573 e. The third kappa shape index (κ3) is 6.14. The minimum atomic E-state index is -4.83. The molecule has 0 spiro atoms. The number of ether oxygens (including phenoxy) is 2. The number of imide groups is 1. The van der Waals surface area contributed by atoms with Crippen LogP contribution in [0.25, 0.3) is 0 Å². The second-order valence-electron chi connectivity index (χ2n) is 8.66. The fourth-order valence-electron chi connectivity index (χ4n) is 4.39. The Labute approximate surface area is 200 Å². The molecule has 13 heteroatoms. The third-order valence-corrected chi connectivity index (χ3v) is 6.17. The number of benzene rings is 1. The van der Waals surface area contributed by atoms with Crippen molar-refractivity contribution in [2.75, 3.05) is 50.8 Å². The second-order valence-corrected chi connectivity index (χ2v) is 8.66. The molecule has 0 radical (unpaired) electrons. The van der Waals surface area contributed by atoms with Crippen molar-refractivity contribution in [3.8, 4) is 5.75 Å². The monoisotopic (exact) mass is 500 g/mol. The molecule has 0 N–H and O–H groups in total. The van der Waals surface area contributed by atoms with Crippen LogP contribution in [0.3, 0.4) is 0 Å². The highest BCUT2D eigenvalue weighted by atomic mass is 19.4. The quantitative estimate of drug-likeness (QED) is 0.568. The van der Waals surface area contributed by atoms with Gasteiger partial charge in [-0.3, -0.25) is 14.5 Å². The smallest absolute Gasteiger partial charge is 0.405 e. The number of anilines is 1. The van der Waals surface area contributed by atoms with Gasteiger partial charge in [0.05, 0.1) is 13.2 Å². The molecule has 3 saturated heterocycles. The summed E-state index contributed by atoms with van der Waals surface area (Å²) >= 11 is 0. The van der Waals surface area contributed by atoms with E-state index in [1.54, 1.807) is 19.1 Å². The van der Waals surface area contributed by atoms with Gasteiger partial charge in [-0.2, -0.15) is 0 Å². The highest BCUT2D eigenvalue weighted by molar-refractivity contribution is 6.01. The third-order valence-electron chi connectivity index (χ3n) is 6.17. The summed E-state index contributed by atoms with van der Waals surface area (Å²) in [4.78, 5) is 46.1. The number of rotatable bonds is 5. The highest BCUT2D eigenvalue weighted by Gasteiger charge is 2.37. The second kappa shape index (κ2) is 10.3. The molecule has 0 saturated carbocycles. The van der Waals surface area contributed by atoms with E-state index in [1.807, 2.05) is 9.80 Å². The Morgan fingerprint density at radius 3 is 2.40 bits per heavy atom. The molecular formula is C22H27F3N4O6. The molecule has 1 atom stereocenters. The summed E-state index contributed by atoms with van der Waals surface area (Å²) in [5.74, 6) is -1.39. The van der Waals surface area contributed by atoms with Crippen LogP contribution in [0.1, 0.15) is 25.3 Å². The maximum atomic E-state index is 13.1. The lowest BCUT2D eigenvalue weighted by molar-refractivity contribution is -0.275. The average molecular weight is 500 g/mol. The molecule has 1 aromatic carbocycles. The van der Waals surface area contributed by atoms with E-state index < -0.39 is 24.3 Å². The van der Waals surface area contributed by atoms with Gasteiger partial charge in [0.15, 0.2) is 0 Å². The molecular weight excluding hydrogens is 473 g/mol. The first-order valence-corrected chi connectivity index (χ1v) is 11.4. The molecule has 3 amide bonds. The molecule has 4 rings (SSSR count). The van der Waals surface area contributed by atoms with Crippen LogP contribution in [0.4, 0.5) is 23.7 Å². The van der Waals surface area contributed by atoms with E-state index in [2.05, 4.69) is 4.74 Å². The number of halogens is 3. The van der Waals surface area contributed by atoms with Gasteiger partial charge in [-0.15, -0.1) is 18.2 Å². The molecule has 192 valence electrons. The molecule has 3 fully saturated rings. The minimum Gasteiger partial charge on any atom is -0.405 e. The van der Waals surface area contributed by atoms with E-state index >= 15 is 0 Å². The molecule has 3 aliphatic heterocycles. The summed E-state index contributed by atoms with van der Waals surface area (Å²) in [6.45, 7) is 5.04. The summed E-state index contributed by atoms with van der Waals surface area (Å²) in [6.07, 6.45) is -5.64. The lowest BCUT2D eigenvalue weighted by Gasteiger charge is -2.39. The zero-order valence-electron chi connectivity index (χ0n) is 19.3. The number of nitrogens with zero attached hydrogens (tertiary/aromatic N) is 4. The molecule has 0 aliphatic carbocycles. The van der Waals surface area contributed by atoms with Gasteiger partial charge in [0.1, 0.15) is 5.75 Å². The van der Waals surface area contributed by atoms with E-state index in [0.29, 0.717) is 55.7 Å². The standard InChI is InChI=1S/C22H27F3N4O6/c1-15-13-26(6-7-28(15)21(32)35-29-19(30)4-5-20(29)31)14-16-2-3-17(27-8-10-33-11-9-27)12-18(16)34-22(23,24)25/h2-3,12,15H,4-11,13-14H2,1H3/t15-/m1/s1. The fraction of sp³-hybridized carbons (Fsp3) is 0.591. The van der Waals surface area contributed by atoms with E-state index in [4.69, 9.17) is 9.57 Å². The van der Waals surface area contributed by atoms with E-state index in [9.17, 15) is 27.6 Å². The summed E-state index contributed by atoms with van der Waals surface area (Å²) in [7, 11) is 0. The van der Waals surface area contributed by atoms with Gasteiger partial charge in [-0.05, 0) is 13.0 Å². The summed E-state index contributed by atoms with van der Waals surface area (Å²) in [5, 5.41) is 0.498. The first-order chi connectivity index (χ1) is 16.6. The van der Waals surface area contributed by atoms with Crippen molar-refractivity contribution in [2.45, 2.75) is 38.7 Å². The maximum absolute atomic E-state index is 13.1. The average Bonchev–Trinajstić information content (AvgIpc) is 3.12. The zero-order valence-corrected chi connectivity index (χ0v) is 19.3. The van der Waals surface area contributed by atoms with Crippen molar-refractivity contribution >= 4 is 23.6 Å². The molecule has 10 nitrogen and oxygen atoms in total. The van der Waals surface area contributed by atoms with Crippen molar-refractivity contribution in [3.05, 3.63) is 23.8 Å². The predicted molar refractivity (Wildman–Crippen MR) is 115 cm³/mol. The lowest BCUT2D eigenvalue weighted by Crippen LogP contribution is -2.54. The molecule has 0 bridgehead atoms. The number of carbonyl (C=O) groups excluding carboxylic acids is 3. The van der Waals surface area contributed by atoms with Crippen molar-refractivity contribution in [2.24, 2.45) is 0 Å². The van der Waals surface area contributed by atoms with Crippen LogP contribution in [0.15, 0.2) is 18.2 Å². The van der Waals surface area contributed by atoms with Crippen molar-refractivity contribution < 1.29 is 41.9 Å². The highest BCUT2D eigenvalue weighted by Crippen LogP contribution is 2.32. The van der Waals surface area contributed by atoms with Gasteiger partial charge < -0.3 is 24.1 Å². The van der Waals surface area contributed by atoms with E-state index in [1.165, 1.54) is 11.0 Å². The predicted octanol–water partition coefficient (Wildman–Crippen LogP) is 2.13. The van der Waals surface area contributed by atoms with Crippen LogP contribution in [-0.2, 0) is 25.7 Å². The SMILES string of the molecule is C[C@@H]1CN(Cc2ccc(N3CCOCC3)cc2OC(F)(F)F)CCN1C(=O)ON1C(=O)CCC1=O. The van der Waals surface area contributed by atoms with Crippen LogP contribution in [0, 0.1) is 0 Å². The number of hydrogen-bond acceptors (Lipinski definition) is 8. The molecule has 35 heavy (non-hydrogen) atoms. The van der Waals surface area contributed by atoms with Gasteiger partial charge >= 0.3 is 12.5 Å². The van der Waals surface area contributed by atoms with E-state index in [0.717, 1.165) is 0 Å². The molecule has 0 unspecified atom stereocenters. The summed E-state index contributed by atoms with van der Waals surface area (Å²) in [6, 6.07) is 4.44. The Morgan fingerprint density at radius 2 is 1.77 bits per heavy atom. The number of alkyl halides is 3. The summed E-state index contributed by atoms with van der Waals surface area (Å²) in [5.41, 5.74) is 0.999. The zero-order chi connectivity index (χ0) is 25.2. The van der Waals surface area contributed by atoms with Crippen LogP contribution in [0.2, 0.25) is 0 Å². The van der Waals surface area contributed by atoms with Gasteiger partial charge in [-0.25, -0.2) is 4.79 Å². The minimum absolute atomic E-state index is 0.00209. The molecule has 0 aromatic heterocycles. The Balaban J connectivity index is 1.41. The number of morpholine rings is 1. The largest absolute Gasteiger partial charge is 0.573 e. The van der Waals surface area contributed by atoms with Gasteiger partial charge in [-0.1, -0.05) is 6.07 Å². The first kappa shape index (κ1) is 25.0. The first-order valence-electron chi connectivity index (χ1n) is 11.4. The Bertz CT molecular complexity index is 953. The van der Waals surface area contributed by atoms with Crippen LogP contribution in [-0.4, -0.2) is 91.1 Å². The number of carbonyl (C=O) groups is 3. The molecule has 3 heterocycles. The molecule has 1 aromatic rings. The van der Waals surface area contributed by atoms with Gasteiger partial charge in [0.2, 0.25) is 0 Å². The molecule has 3 aliphatic rings. The van der Waals surface area contributed by atoms with Crippen molar-refractivity contribution in [3.63, 3.8) is 0 Å². The van der Waals surface area contributed by atoms with Crippen molar-refractivity contribution in [1.82, 2.24) is 14.9 Å². The number of amides is 3.